The van der Waals surface area contributed by atoms with Crippen LogP contribution in [0.25, 0.3) is 55.3 Å². The highest BCUT2D eigenvalue weighted by molar-refractivity contribution is 8.15. The second-order valence-corrected chi connectivity index (χ2v) is 16.2. The summed E-state index contributed by atoms with van der Waals surface area (Å²) >= 11 is 3.46. The molecule has 0 spiro atoms. The Bertz CT molecular complexity index is 2840. The van der Waals surface area contributed by atoms with Crippen LogP contribution in [-0.2, 0) is 0 Å². The van der Waals surface area contributed by atoms with Crippen molar-refractivity contribution in [2.24, 2.45) is 9.98 Å². The maximum Gasteiger partial charge on any atom is 0.115 e. The van der Waals surface area contributed by atoms with Crippen LogP contribution in [0.4, 0.5) is 17.1 Å². The Balaban J connectivity index is 1.41. The average Bonchev–Trinajstić information content (AvgIpc) is 3.28. The normalized spacial score (nSPS) is 12.9. The molecule has 6 heteroatoms. The molecule has 0 aromatic heterocycles. The lowest BCUT2D eigenvalue weighted by Gasteiger charge is -2.31. The molecule has 0 saturated carbocycles. The Kier molecular flexibility index (Phi) is 9.21. The molecule has 4 nitrogen and oxygen atoms in total. The number of aliphatic imine (C=N–C) groups is 2. The summed E-state index contributed by atoms with van der Waals surface area (Å²) in [5, 5.41) is 17.9. The fourth-order valence-corrected chi connectivity index (χ4v) is 10.3. The molecule has 8 aromatic carbocycles. The van der Waals surface area contributed by atoms with Gasteiger partial charge in [0.2, 0.25) is 0 Å². The maximum absolute atomic E-state index is 10.3. The second kappa shape index (κ2) is 15.0. The molecule has 0 unspecified atom stereocenters. The van der Waals surface area contributed by atoms with Crippen LogP contribution in [0.15, 0.2) is 190 Å². The molecule has 274 valence electrons. The first kappa shape index (κ1) is 35.1. The second-order valence-electron chi connectivity index (χ2n) is 14.2. The van der Waals surface area contributed by atoms with Gasteiger partial charge in [-0.1, -0.05) is 164 Å². The van der Waals surface area contributed by atoms with Crippen LogP contribution in [0.2, 0.25) is 0 Å². The Labute approximate surface area is 341 Å². The summed E-state index contributed by atoms with van der Waals surface area (Å²) in [6.45, 7) is 3.11. The fourth-order valence-electron chi connectivity index (χ4n) is 7.90. The number of hydrogen-bond donors (Lipinski definition) is 2. The molecule has 0 amide bonds. The fraction of sp³-hybridized carbons (Fsp3) is 0.0588. The van der Waals surface area contributed by atoms with Crippen LogP contribution >= 0.6 is 23.5 Å². The number of nitrogens with zero attached hydrogens (tertiary/aromatic N) is 2. The zero-order valence-corrected chi connectivity index (χ0v) is 32.9. The molecular formula is C51H37N3OS2. The van der Waals surface area contributed by atoms with Gasteiger partial charge in [-0.3, -0.25) is 0 Å². The number of aromatic hydroxyl groups is 1. The van der Waals surface area contributed by atoms with Crippen molar-refractivity contribution in [1.29, 1.82) is 0 Å². The van der Waals surface area contributed by atoms with Crippen molar-refractivity contribution in [3.63, 3.8) is 0 Å². The van der Waals surface area contributed by atoms with Gasteiger partial charge in [-0.25, -0.2) is 9.98 Å². The van der Waals surface area contributed by atoms with E-state index in [0.29, 0.717) is 0 Å². The number of benzene rings is 8. The molecule has 2 aliphatic rings. The lowest BCUT2D eigenvalue weighted by molar-refractivity contribution is 0.475. The van der Waals surface area contributed by atoms with Gasteiger partial charge in [-0.15, -0.1) is 0 Å². The van der Waals surface area contributed by atoms with E-state index >= 15 is 0 Å². The largest absolute Gasteiger partial charge is 0.508 e. The van der Waals surface area contributed by atoms with Crippen molar-refractivity contribution in [1.82, 2.24) is 0 Å². The van der Waals surface area contributed by atoms with E-state index in [4.69, 9.17) is 9.98 Å². The predicted molar refractivity (Wildman–Crippen MR) is 243 cm³/mol. The Morgan fingerprint density at radius 3 is 1.19 bits per heavy atom. The average molecular weight is 772 g/mol. The topological polar surface area (TPSA) is 57.0 Å². The van der Waals surface area contributed by atoms with E-state index in [9.17, 15) is 5.11 Å². The standard InChI is InChI=1S/C51H37N3OS2/c1-2-31-52-38-27-23-36(24-28-38)50-53-46-40(32-15-7-3-8-16-32)43(35-21-13-6-14-22-35)49-45-44(46)48(56-50)42(34-19-11-5-12-20-34)41(33-17-9-4-10-18-33)47(45)54-51(57-49)37-25-29-39(55)30-26-37/h3-30,52,55H,2,31H2,1H3. The van der Waals surface area contributed by atoms with Crippen LogP contribution in [0.3, 0.4) is 0 Å². The van der Waals surface area contributed by atoms with Gasteiger partial charge in [-0.2, -0.15) is 0 Å². The third-order valence-electron chi connectivity index (χ3n) is 10.5. The van der Waals surface area contributed by atoms with Crippen LogP contribution in [0.1, 0.15) is 24.5 Å². The highest BCUT2D eigenvalue weighted by Crippen LogP contribution is 2.63. The van der Waals surface area contributed by atoms with Crippen molar-refractivity contribution in [3.05, 3.63) is 181 Å². The molecule has 57 heavy (non-hydrogen) atoms. The summed E-state index contributed by atoms with van der Waals surface area (Å²) in [5.41, 5.74) is 13.9. The van der Waals surface area contributed by atoms with Gasteiger partial charge in [0.25, 0.3) is 0 Å². The van der Waals surface area contributed by atoms with Gasteiger partial charge in [0.05, 0.1) is 11.4 Å². The van der Waals surface area contributed by atoms with Gasteiger partial charge in [0.15, 0.2) is 0 Å². The van der Waals surface area contributed by atoms with Crippen LogP contribution in [-0.4, -0.2) is 21.7 Å². The molecule has 0 saturated heterocycles. The molecule has 2 heterocycles. The Morgan fingerprint density at radius 2 is 0.807 bits per heavy atom. The quantitative estimate of drug-likeness (QED) is 0.153. The molecular weight excluding hydrogens is 735 g/mol. The van der Waals surface area contributed by atoms with Crippen molar-refractivity contribution >= 4 is 61.4 Å². The molecule has 0 fully saturated rings. The van der Waals surface area contributed by atoms with Crippen LogP contribution in [0.5, 0.6) is 5.75 Å². The molecule has 0 radical (unpaired) electrons. The summed E-state index contributed by atoms with van der Waals surface area (Å²) < 4.78 is 0. The molecule has 0 aliphatic carbocycles. The number of phenolic OH excluding ortho intramolecular Hbond substituents is 1. The van der Waals surface area contributed by atoms with Gasteiger partial charge >= 0.3 is 0 Å². The number of rotatable bonds is 9. The van der Waals surface area contributed by atoms with E-state index in [1.54, 1.807) is 35.7 Å². The van der Waals surface area contributed by atoms with E-state index in [-0.39, 0.29) is 5.75 Å². The van der Waals surface area contributed by atoms with Gasteiger partial charge < -0.3 is 10.4 Å². The van der Waals surface area contributed by atoms with E-state index in [0.717, 1.165) is 111 Å². The molecule has 0 bridgehead atoms. The van der Waals surface area contributed by atoms with E-state index < -0.39 is 0 Å². The smallest absolute Gasteiger partial charge is 0.115 e. The highest BCUT2D eigenvalue weighted by atomic mass is 32.2. The van der Waals surface area contributed by atoms with Crippen molar-refractivity contribution in [2.45, 2.75) is 23.1 Å². The monoisotopic (exact) mass is 771 g/mol. The molecule has 0 atom stereocenters. The third-order valence-corrected chi connectivity index (χ3v) is 12.8. The van der Waals surface area contributed by atoms with Crippen LogP contribution < -0.4 is 5.32 Å². The summed E-state index contributed by atoms with van der Waals surface area (Å²) in [5.74, 6) is 0.226. The van der Waals surface area contributed by atoms with Crippen molar-refractivity contribution in [3.8, 4) is 50.3 Å². The number of phenols is 1. The SMILES string of the molecule is CCCNc1ccc(C2=Nc3c(-c4ccccc4)c(-c4ccccc4)c4c5c(c(-c6ccccc6)c(-c6ccccc6)c(c35)S2)N=C(c2ccc(O)cc2)S4)cc1. The number of anilines is 1. The summed E-state index contributed by atoms with van der Waals surface area (Å²) in [6, 6.07) is 59.1. The molecule has 10 rings (SSSR count). The van der Waals surface area contributed by atoms with Gasteiger partial charge in [0, 0.05) is 66.2 Å². The lowest BCUT2D eigenvalue weighted by atomic mass is 9.84. The first-order chi connectivity index (χ1) is 28.2. The molecule has 2 N–H and O–H groups in total. The minimum absolute atomic E-state index is 0.226. The first-order valence-corrected chi connectivity index (χ1v) is 20.9. The Hall–Kier alpha value is -6.34. The zero-order chi connectivity index (χ0) is 38.3. The van der Waals surface area contributed by atoms with E-state index in [1.165, 1.54) is 4.90 Å². The first-order valence-electron chi connectivity index (χ1n) is 19.3. The van der Waals surface area contributed by atoms with Gasteiger partial charge in [0.1, 0.15) is 15.8 Å². The molecule has 8 aromatic rings. The zero-order valence-electron chi connectivity index (χ0n) is 31.2. The summed E-state index contributed by atoms with van der Waals surface area (Å²) in [4.78, 5) is 13.7. The summed E-state index contributed by atoms with van der Waals surface area (Å²) in [7, 11) is 0. The number of hydrogen-bond acceptors (Lipinski definition) is 6. The van der Waals surface area contributed by atoms with Gasteiger partial charge in [-0.05, 0) is 65.1 Å². The Morgan fingerprint density at radius 1 is 0.439 bits per heavy atom. The highest BCUT2D eigenvalue weighted by Gasteiger charge is 2.36. The van der Waals surface area contributed by atoms with E-state index in [2.05, 4.69) is 158 Å². The minimum Gasteiger partial charge on any atom is -0.508 e. The lowest BCUT2D eigenvalue weighted by Crippen LogP contribution is -2.08. The molecule has 2 aliphatic heterocycles. The summed E-state index contributed by atoms with van der Waals surface area (Å²) in [6.07, 6.45) is 1.06. The van der Waals surface area contributed by atoms with Crippen molar-refractivity contribution in [2.75, 3.05) is 11.9 Å². The minimum atomic E-state index is 0.226. The predicted octanol–water partition coefficient (Wildman–Crippen LogP) is 14.4. The van der Waals surface area contributed by atoms with Crippen molar-refractivity contribution < 1.29 is 5.11 Å². The number of nitrogens with one attached hydrogen (secondary N) is 1. The third kappa shape index (κ3) is 6.31. The van der Waals surface area contributed by atoms with E-state index in [1.807, 2.05) is 12.1 Å². The number of thioether (sulfide) groups is 2. The van der Waals surface area contributed by atoms with Crippen LogP contribution in [0, 0.1) is 0 Å². The maximum atomic E-state index is 10.3.